The van der Waals surface area contributed by atoms with Crippen LogP contribution in [0, 0.1) is 0 Å². The minimum atomic E-state index is -0.818. The number of allylic oxidation sites excluding steroid dienone is 1. The van der Waals surface area contributed by atoms with Crippen LogP contribution in [0.3, 0.4) is 0 Å². The lowest BCUT2D eigenvalue weighted by Crippen LogP contribution is -2.01. The number of carboxylic acids is 2. The van der Waals surface area contributed by atoms with Crippen molar-refractivity contribution in [1.29, 1.82) is 0 Å². The maximum atomic E-state index is 11.0. The summed E-state index contributed by atoms with van der Waals surface area (Å²) < 4.78 is 0. The third-order valence-corrected chi connectivity index (χ3v) is 3.06. The Labute approximate surface area is 115 Å². The zero-order chi connectivity index (χ0) is 14.5. The lowest BCUT2D eigenvalue weighted by molar-refractivity contribution is -0.137. The highest BCUT2D eigenvalue weighted by Gasteiger charge is 2.06. The van der Waals surface area contributed by atoms with Crippen LogP contribution in [0.2, 0.25) is 0 Å². The molecule has 0 aliphatic rings. The molecule has 4 heteroatoms. The zero-order valence-electron chi connectivity index (χ0n) is 11.9. The first-order valence-electron chi connectivity index (χ1n) is 7.22. The van der Waals surface area contributed by atoms with E-state index in [0.717, 1.165) is 44.9 Å². The van der Waals surface area contributed by atoms with E-state index in [4.69, 9.17) is 10.2 Å². The van der Waals surface area contributed by atoms with Crippen LogP contribution in [0.15, 0.2) is 11.6 Å². The van der Waals surface area contributed by atoms with Crippen molar-refractivity contribution in [3.05, 3.63) is 11.6 Å². The fourth-order valence-electron chi connectivity index (χ4n) is 1.91. The van der Waals surface area contributed by atoms with Gasteiger partial charge in [-0.3, -0.25) is 4.79 Å². The molecule has 0 saturated carbocycles. The van der Waals surface area contributed by atoms with Gasteiger partial charge in [-0.2, -0.15) is 0 Å². The highest BCUT2D eigenvalue weighted by molar-refractivity contribution is 5.86. The summed E-state index contributed by atoms with van der Waals surface area (Å²) in [6, 6.07) is 0. The van der Waals surface area contributed by atoms with Gasteiger partial charge in [0.2, 0.25) is 0 Å². The summed E-state index contributed by atoms with van der Waals surface area (Å²) >= 11 is 0. The van der Waals surface area contributed by atoms with E-state index >= 15 is 0 Å². The van der Waals surface area contributed by atoms with Crippen LogP contribution in [-0.4, -0.2) is 22.2 Å². The van der Waals surface area contributed by atoms with Crippen molar-refractivity contribution in [2.45, 2.75) is 71.1 Å². The second kappa shape index (κ2) is 11.8. The van der Waals surface area contributed by atoms with Crippen molar-refractivity contribution in [2.75, 3.05) is 0 Å². The van der Waals surface area contributed by atoms with Crippen LogP contribution < -0.4 is 0 Å². The first-order chi connectivity index (χ1) is 9.07. The molecule has 0 bridgehead atoms. The van der Waals surface area contributed by atoms with E-state index in [1.54, 1.807) is 0 Å². The molecule has 110 valence electrons. The van der Waals surface area contributed by atoms with Gasteiger partial charge in [0.15, 0.2) is 0 Å². The van der Waals surface area contributed by atoms with E-state index in [2.05, 4.69) is 6.92 Å². The summed E-state index contributed by atoms with van der Waals surface area (Å²) in [7, 11) is 0. The molecular weight excluding hydrogens is 244 g/mol. The molecule has 2 N–H and O–H groups in total. The Morgan fingerprint density at radius 2 is 1.53 bits per heavy atom. The third kappa shape index (κ3) is 11.5. The van der Waals surface area contributed by atoms with Gasteiger partial charge >= 0.3 is 11.9 Å². The number of hydrogen-bond acceptors (Lipinski definition) is 2. The van der Waals surface area contributed by atoms with Crippen LogP contribution >= 0.6 is 0 Å². The molecule has 0 unspecified atom stereocenters. The number of carboxylic acid groups (broad SMARTS) is 2. The Balaban J connectivity index is 3.76. The first-order valence-corrected chi connectivity index (χ1v) is 7.22. The number of unbranched alkanes of at least 4 members (excludes halogenated alkanes) is 6. The van der Waals surface area contributed by atoms with E-state index in [-0.39, 0.29) is 6.42 Å². The van der Waals surface area contributed by atoms with Crippen molar-refractivity contribution in [3.8, 4) is 0 Å². The fraction of sp³-hybridized carbons (Fsp3) is 0.733. The minimum Gasteiger partial charge on any atom is -0.481 e. The van der Waals surface area contributed by atoms with E-state index in [9.17, 15) is 9.59 Å². The maximum absolute atomic E-state index is 11.0. The summed E-state index contributed by atoms with van der Waals surface area (Å²) in [4.78, 5) is 21.3. The smallest absolute Gasteiger partial charge is 0.331 e. The Kier molecular flexibility index (Phi) is 10.9. The molecule has 0 radical (unpaired) electrons. The van der Waals surface area contributed by atoms with Gasteiger partial charge < -0.3 is 10.2 Å². The highest BCUT2D eigenvalue weighted by atomic mass is 16.4. The van der Waals surface area contributed by atoms with E-state index in [1.807, 2.05) is 6.08 Å². The van der Waals surface area contributed by atoms with Gasteiger partial charge in [0.1, 0.15) is 0 Å². The van der Waals surface area contributed by atoms with Crippen LogP contribution in [-0.2, 0) is 9.59 Å². The second-order valence-corrected chi connectivity index (χ2v) is 4.84. The van der Waals surface area contributed by atoms with Crippen molar-refractivity contribution >= 4 is 11.9 Å². The Morgan fingerprint density at radius 3 is 2.05 bits per heavy atom. The fourth-order valence-corrected chi connectivity index (χ4v) is 1.91. The van der Waals surface area contributed by atoms with Crippen molar-refractivity contribution in [3.63, 3.8) is 0 Å². The predicted octanol–water partition coefficient (Wildman–Crippen LogP) is 4.00. The molecule has 0 heterocycles. The zero-order valence-corrected chi connectivity index (χ0v) is 11.9. The standard InChI is InChI=1S/C15H26O4/c1-2-3-4-7-10-13(15(18)19)11-8-5-6-9-12-14(16)17/h10H,2-9,11-12H2,1H3,(H,16,17)(H,18,19). The molecule has 0 aromatic rings. The summed E-state index contributed by atoms with van der Waals surface area (Å²) in [5.74, 6) is -1.58. The van der Waals surface area contributed by atoms with Gasteiger partial charge in [0.05, 0.1) is 0 Å². The normalized spacial score (nSPS) is 11.5. The highest BCUT2D eigenvalue weighted by Crippen LogP contribution is 2.13. The molecule has 0 rings (SSSR count). The van der Waals surface area contributed by atoms with Crippen molar-refractivity contribution in [1.82, 2.24) is 0 Å². The topological polar surface area (TPSA) is 74.6 Å². The molecule has 0 aromatic carbocycles. The predicted molar refractivity (Wildman–Crippen MR) is 75.2 cm³/mol. The van der Waals surface area contributed by atoms with E-state index in [0.29, 0.717) is 18.4 Å². The number of rotatable bonds is 12. The molecule has 0 spiro atoms. The van der Waals surface area contributed by atoms with Gasteiger partial charge in [0.25, 0.3) is 0 Å². The molecule has 0 fully saturated rings. The number of hydrogen-bond donors (Lipinski definition) is 2. The minimum absolute atomic E-state index is 0.207. The van der Waals surface area contributed by atoms with Crippen LogP contribution in [0.5, 0.6) is 0 Å². The summed E-state index contributed by atoms with van der Waals surface area (Å²) in [5.41, 5.74) is 0.509. The molecule has 19 heavy (non-hydrogen) atoms. The average molecular weight is 270 g/mol. The van der Waals surface area contributed by atoms with Gasteiger partial charge in [-0.15, -0.1) is 0 Å². The number of aliphatic carboxylic acids is 2. The Bertz CT molecular complexity index is 295. The molecule has 0 amide bonds. The van der Waals surface area contributed by atoms with Gasteiger partial charge in [-0.1, -0.05) is 38.7 Å². The number of carbonyl (C=O) groups is 2. The molecule has 4 nitrogen and oxygen atoms in total. The quantitative estimate of drug-likeness (QED) is 0.415. The maximum Gasteiger partial charge on any atom is 0.331 e. The largest absolute Gasteiger partial charge is 0.481 e. The molecule has 0 aliphatic carbocycles. The van der Waals surface area contributed by atoms with Crippen LogP contribution in [0.4, 0.5) is 0 Å². The van der Waals surface area contributed by atoms with Crippen LogP contribution in [0.1, 0.15) is 71.1 Å². The average Bonchev–Trinajstić information content (AvgIpc) is 2.35. The van der Waals surface area contributed by atoms with Gasteiger partial charge in [-0.05, 0) is 32.1 Å². The molecule has 0 saturated heterocycles. The third-order valence-electron chi connectivity index (χ3n) is 3.06. The van der Waals surface area contributed by atoms with Gasteiger partial charge in [0, 0.05) is 12.0 Å². The first kappa shape index (κ1) is 17.7. The summed E-state index contributed by atoms with van der Waals surface area (Å²) in [6.45, 7) is 2.12. The molecule has 0 aromatic heterocycles. The lowest BCUT2D eigenvalue weighted by atomic mass is 10.0. The van der Waals surface area contributed by atoms with Crippen molar-refractivity contribution in [2.24, 2.45) is 0 Å². The van der Waals surface area contributed by atoms with Gasteiger partial charge in [-0.25, -0.2) is 4.79 Å². The second-order valence-electron chi connectivity index (χ2n) is 4.84. The molecular formula is C15H26O4. The Morgan fingerprint density at radius 1 is 0.895 bits per heavy atom. The summed E-state index contributed by atoms with van der Waals surface area (Å²) in [6.07, 6.45) is 10.1. The SMILES string of the molecule is CCCCCC=C(CCCCCCC(=O)O)C(=O)O. The lowest BCUT2D eigenvalue weighted by Gasteiger charge is -2.03. The molecule has 0 atom stereocenters. The van der Waals surface area contributed by atoms with E-state index in [1.165, 1.54) is 0 Å². The molecule has 0 aliphatic heterocycles. The van der Waals surface area contributed by atoms with Crippen LogP contribution in [0.25, 0.3) is 0 Å². The van der Waals surface area contributed by atoms with E-state index < -0.39 is 11.9 Å². The monoisotopic (exact) mass is 270 g/mol. The summed E-state index contributed by atoms with van der Waals surface area (Å²) in [5, 5.41) is 17.5. The Hall–Kier alpha value is -1.32. The van der Waals surface area contributed by atoms with Crippen molar-refractivity contribution < 1.29 is 19.8 Å².